The van der Waals surface area contributed by atoms with Gasteiger partial charge in [0, 0.05) is 6.54 Å². The summed E-state index contributed by atoms with van der Waals surface area (Å²) in [7, 11) is 2.17. The number of nitrogens with two attached hydrogens (primary N) is 1. The number of carbonyl (C=O) groups is 1. The molecule has 100 valence electrons. The second kappa shape index (κ2) is 7.63. The lowest BCUT2D eigenvalue weighted by Crippen LogP contribution is -2.35. The molecule has 0 aromatic carbocycles. The van der Waals surface area contributed by atoms with Crippen LogP contribution in [0.1, 0.15) is 25.7 Å². The number of nitrogens with one attached hydrogen (secondary N) is 1. The fourth-order valence-corrected chi connectivity index (χ4v) is 2.32. The number of carboxylic acids is 1. The predicted octanol–water partition coefficient (Wildman–Crippen LogP) is 0.110. The van der Waals surface area contributed by atoms with E-state index in [0.717, 1.165) is 12.5 Å². The average molecular weight is 243 g/mol. The molecule has 17 heavy (non-hydrogen) atoms. The maximum Gasteiger partial charge on any atom is 0.320 e. The molecule has 1 aliphatic heterocycles. The quantitative estimate of drug-likeness (QED) is 0.553. The van der Waals surface area contributed by atoms with Gasteiger partial charge in [0.05, 0.1) is 0 Å². The van der Waals surface area contributed by atoms with Gasteiger partial charge >= 0.3 is 5.97 Å². The topological polar surface area (TPSA) is 78.6 Å². The Bertz CT molecular complexity index is 236. The lowest BCUT2D eigenvalue weighted by molar-refractivity contribution is -0.138. The summed E-state index contributed by atoms with van der Waals surface area (Å²) in [6, 6.07) is -0.733. The van der Waals surface area contributed by atoms with Gasteiger partial charge in [-0.3, -0.25) is 4.79 Å². The number of rotatable bonds is 7. The van der Waals surface area contributed by atoms with Crippen LogP contribution in [0.15, 0.2) is 0 Å². The highest BCUT2D eigenvalue weighted by Gasteiger charge is 2.16. The Kier molecular flexibility index (Phi) is 6.47. The van der Waals surface area contributed by atoms with E-state index in [1.165, 1.54) is 32.4 Å². The van der Waals surface area contributed by atoms with E-state index < -0.39 is 12.0 Å². The largest absolute Gasteiger partial charge is 0.480 e. The van der Waals surface area contributed by atoms with E-state index in [1.54, 1.807) is 0 Å². The monoisotopic (exact) mass is 243 g/mol. The van der Waals surface area contributed by atoms with Crippen LogP contribution >= 0.6 is 0 Å². The summed E-state index contributed by atoms with van der Waals surface area (Å²) in [6.45, 7) is 4.06. The molecule has 1 rings (SSSR count). The van der Waals surface area contributed by atoms with Crippen LogP contribution in [-0.2, 0) is 4.79 Å². The Balaban J connectivity index is 1.98. The molecule has 5 nitrogen and oxygen atoms in total. The number of hydrogen-bond acceptors (Lipinski definition) is 4. The molecule has 1 aliphatic rings. The Morgan fingerprint density at radius 3 is 3.00 bits per heavy atom. The molecule has 0 amide bonds. The molecule has 0 aromatic rings. The van der Waals surface area contributed by atoms with Crippen LogP contribution < -0.4 is 11.1 Å². The average Bonchev–Trinajstić information content (AvgIpc) is 2.28. The van der Waals surface area contributed by atoms with Crippen LogP contribution in [-0.4, -0.2) is 55.2 Å². The summed E-state index contributed by atoms with van der Waals surface area (Å²) in [5.74, 6) is -0.130. The fourth-order valence-electron chi connectivity index (χ4n) is 2.32. The molecule has 0 spiro atoms. The van der Waals surface area contributed by atoms with Gasteiger partial charge in [0.1, 0.15) is 6.04 Å². The van der Waals surface area contributed by atoms with Crippen molar-refractivity contribution in [2.24, 2.45) is 11.7 Å². The number of aliphatic carboxylic acids is 1. The molecule has 0 aliphatic carbocycles. The molecule has 1 heterocycles. The van der Waals surface area contributed by atoms with Crippen molar-refractivity contribution in [1.29, 1.82) is 0 Å². The van der Waals surface area contributed by atoms with Crippen molar-refractivity contribution in [1.82, 2.24) is 10.2 Å². The van der Waals surface area contributed by atoms with Gasteiger partial charge in [-0.25, -0.2) is 0 Å². The highest BCUT2D eigenvalue weighted by molar-refractivity contribution is 5.72. The van der Waals surface area contributed by atoms with Crippen molar-refractivity contribution in [3.8, 4) is 0 Å². The van der Waals surface area contributed by atoms with E-state index >= 15 is 0 Å². The molecule has 0 bridgehead atoms. The maximum atomic E-state index is 10.5. The van der Waals surface area contributed by atoms with E-state index in [4.69, 9.17) is 10.8 Å². The van der Waals surface area contributed by atoms with Crippen molar-refractivity contribution in [3.63, 3.8) is 0 Å². The number of hydrogen-bond donors (Lipinski definition) is 3. The Morgan fingerprint density at radius 2 is 2.35 bits per heavy atom. The minimum atomic E-state index is -0.916. The minimum Gasteiger partial charge on any atom is -0.480 e. The number of nitrogens with zero attached hydrogens (tertiary/aromatic N) is 1. The first-order chi connectivity index (χ1) is 8.09. The van der Waals surface area contributed by atoms with Crippen molar-refractivity contribution in [2.75, 3.05) is 33.2 Å². The van der Waals surface area contributed by atoms with Gasteiger partial charge in [0.2, 0.25) is 0 Å². The van der Waals surface area contributed by atoms with Crippen LogP contribution in [0.3, 0.4) is 0 Å². The Morgan fingerprint density at radius 1 is 1.59 bits per heavy atom. The summed E-state index contributed by atoms with van der Waals surface area (Å²) in [4.78, 5) is 12.9. The molecule has 4 N–H and O–H groups in total. The second-order valence-corrected chi connectivity index (χ2v) is 5.04. The van der Waals surface area contributed by atoms with Gasteiger partial charge in [-0.05, 0) is 58.3 Å². The number of likely N-dealkylation sites (tertiary alicyclic amines) is 1. The van der Waals surface area contributed by atoms with Crippen LogP contribution in [0.4, 0.5) is 0 Å². The van der Waals surface area contributed by atoms with E-state index in [9.17, 15) is 4.79 Å². The van der Waals surface area contributed by atoms with Crippen LogP contribution in [0, 0.1) is 5.92 Å². The third-order valence-electron chi connectivity index (χ3n) is 3.40. The van der Waals surface area contributed by atoms with Gasteiger partial charge in [-0.2, -0.15) is 0 Å². The Labute approximate surface area is 103 Å². The normalized spacial score (nSPS) is 23.5. The lowest BCUT2D eigenvalue weighted by atomic mass is 9.95. The predicted molar refractivity (Wildman–Crippen MR) is 67.9 cm³/mol. The van der Waals surface area contributed by atoms with Crippen molar-refractivity contribution >= 4 is 5.97 Å². The molecular weight excluding hydrogens is 218 g/mol. The van der Waals surface area contributed by atoms with Gasteiger partial charge in [0.15, 0.2) is 0 Å². The van der Waals surface area contributed by atoms with E-state index in [-0.39, 0.29) is 0 Å². The third kappa shape index (κ3) is 6.00. The summed E-state index contributed by atoms with van der Waals surface area (Å²) in [5.41, 5.74) is 5.41. The smallest absolute Gasteiger partial charge is 0.320 e. The maximum absolute atomic E-state index is 10.5. The van der Waals surface area contributed by atoms with Gasteiger partial charge < -0.3 is 21.1 Å². The summed E-state index contributed by atoms with van der Waals surface area (Å²) in [6.07, 6.45) is 4.29. The zero-order valence-electron chi connectivity index (χ0n) is 10.7. The summed E-state index contributed by atoms with van der Waals surface area (Å²) in [5, 5.41) is 11.9. The SMILES string of the molecule is CN1CCCC(CCNCCC(N)C(=O)O)C1. The molecule has 0 radical (unpaired) electrons. The zero-order chi connectivity index (χ0) is 12.7. The molecule has 2 unspecified atom stereocenters. The van der Waals surface area contributed by atoms with E-state index in [1.807, 2.05) is 0 Å². The Hall–Kier alpha value is -0.650. The van der Waals surface area contributed by atoms with E-state index in [0.29, 0.717) is 13.0 Å². The van der Waals surface area contributed by atoms with Crippen LogP contribution in [0.2, 0.25) is 0 Å². The molecule has 2 atom stereocenters. The van der Waals surface area contributed by atoms with E-state index in [2.05, 4.69) is 17.3 Å². The standard InChI is InChI=1S/C12H25N3O2/c1-15-8-2-3-10(9-15)4-6-14-7-5-11(13)12(16)17/h10-11,14H,2-9,13H2,1H3,(H,16,17). The van der Waals surface area contributed by atoms with Gasteiger partial charge in [-0.1, -0.05) is 0 Å². The number of carboxylic acid groups (broad SMARTS) is 1. The molecule has 1 fully saturated rings. The first-order valence-corrected chi connectivity index (χ1v) is 6.47. The van der Waals surface area contributed by atoms with Crippen molar-refractivity contribution in [3.05, 3.63) is 0 Å². The number of piperidine rings is 1. The fraction of sp³-hybridized carbons (Fsp3) is 0.917. The highest BCUT2D eigenvalue weighted by Crippen LogP contribution is 2.17. The first kappa shape index (κ1) is 14.4. The van der Waals surface area contributed by atoms with Gasteiger partial charge in [-0.15, -0.1) is 0 Å². The van der Waals surface area contributed by atoms with Crippen LogP contribution in [0.25, 0.3) is 0 Å². The molecule has 0 saturated carbocycles. The molecule has 5 heteroatoms. The first-order valence-electron chi connectivity index (χ1n) is 6.47. The summed E-state index contributed by atoms with van der Waals surface area (Å²) >= 11 is 0. The van der Waals surface area contributed by atoms with Crippen LogP contribution in [0.5, 0.6) is 0 Å². The molecule has 1 saturated heterocycles. The zero-order valence-corrected chi connectivity index (χ0v) is 10.7. The third-order valence-corrected chi connectivity index (χ3v) is 3.40. The minimum absolute atomic E-state index is 0.500. The van der Waals surface area contributed by atoms with Crippen molar-refractivity contribution in [2.45, 2.75) is 31.7 Å². The molecule has 0 aromatic heterocycles. The summed E-state index contributed by atoms with van der Waals surface area (Å²) < 4.78 is 0. The van der Waals surface area contributed by atoms with Gasteiger partial charge in [0.25, 0.3) is 0 Å². The highest BCUT2D eigenvalue weighted by atomic mass is 16.4. The van der Waals surface area contributed by atoms with Crippen molar-refractivity contribution < 1.29 is 9.90 Å². The lowest BCUT2D eigenvalue weighted by Gasteiger charge is -2.29. The second-order valence-electron chi connectivity index (χ2n) is 5.04. The molecular formula is C12H25N3O2.